The zero-order chi connectivity index (χ0) is 92.5. The van der Waals surface area contributed by atoms with Gasteiger partial charge in [-0.1, -0.05) is 115 Å². The topological polar surface area (TPSA) is 179 Å². The molecule has 9 aromatic carbocycles. The number of benzene rings is 9. The Morgan fingerprint density at radius 2 is 0.614 bits per heavy atom. The summed E-state index contributed by atoms with van der Waals surface area (Å²) in [7, 11) is 6.00. The Balaban J connectivity index is 0.000000210. The Hall–Kier alpha value is -9.06. The molecule has 3 fully saturated rings. The summed E-state index contributed by atoms with van der Waals surface area (Å²) in [5.74, 6) is 2.03. The van der Waals surface area contributed by atoms with Crippen LogP contribution in [-0.4, -0.2) is 118 Å². The van der Waals surface area contributed by atoms with E-state index in [1.165, 1.54) is 126 Å². The second kappa shape index (κ2) is 55.1. The molecule has 12 aromatic rings. The van der Waals surface area contributed by atoms with Crippen molar-refractivity contribution in [2.75, 3.05) is 35.8 Å². The zero-order valence-corrected chi connectivity index (χ0v) is 86.9. The van der Waals surface area contributed by atoms with E-state index in [0.717, 1.165) is 56.8 Å². The molecule has 3 saturated carbocycles. The van der Waals surface area contributed by atoms with Crippen molar-refractivity contribution >= 4 is 49.4 Å². The molecular weight excluding hydrogens is 2170 g/mol. The van der Waals surface area contributed by atoms with Gasteiger partial charge in [-0.2, -0.15) is 111 Å². The molecule has 0 spiro atoms. The Bertz CT molecular complexity index is 5150. The van der Waals surface area contributed by atoms with E-state index in [1.807, 2.05) is 236 Å². The van der Waals surface area contributed by atoms with Crippen molar-refractivity contribution in [3.8, 4) is 33.8 Å². The third-order valence-corrected chi connectivity index (χ3v) is 23.4. The molecule has 6 aliphatic rings. The SMILES string of the molecule is CC(O)CC(C)O.CC(O)CC(C)O.CC(O)CC(C)O.CC1(C)CC(c2ccc3ccnc(-c4[c-]cccc4)c3c2)CC(C)(C)C1.CC1(C)CCC(c2ccc3ccnc(-c4[c-]cccc4)c3c2)CC1.CN1C=CN(c2[c-]cccc2)[CH-]1.CN1C=CN(c2[c-]cccc2)[CH-]1.CN1C=CN(c2[c-]cccc2)[CH-]1.[Ir+3].[Ir+3].[Ir+3].[c-]1ccccc1-c1nccc2ccc(C3CCCCC3)cc12. The number of nitrogens with zero attached hydrogens (tertiary/aromatic N) is 9. The molecule has 702 valence electrons. The maximum absolute atomic E-state index is 8.56. The van der Waals surface area contributed by atoms with E-state index in [2.05, 4.69) is 202 Å². The van der Waals surface area contributed by atoms with Crippen LogP contribution in [0.1, 0.15) is 214 Å². The van der Waals surface area contributed by atoms with E-state index in [-0.39, 0.29) is 96.9 Å². The van der Waals surface area contributed by atoms with Crippen LogP contribution < -0.4 is 14.7 Å². The van der Waals surface area contributed by atoms with Gasteiger partial charge in [-0.15, -0.1) is 125 Å². The molecule has 6 unspecified atom stereocenters. The first-order chi connectivity index (χ1) is 61.8. The van der Waals surface area contributed by atoms with Crippen molar-refractivity contribution in [2.45, 2.75) is 234 Å². The molecule has 0 saturated heterocycles. The zero-order valence-electron chi connectivity index (χ0n) is 79.7. The standard InChI is InChI=1S/C25H28N.C23H24N.C21H20N.3C10H10N2.3C5H12O2.3Ir/c1-24(2)15-21(16-25(3,4)17-24)20-11-10-18-12-13-26-23(22(18)14-20)19-8-6-5-7-9-19;1-23(2)13-10-17(11-14-23)20-9-8-18-12-15-24-22(21(18)16-20)19-6-4-3-5-7-19;1-3-7-16(8-4-1)19-12-11-17-13-14-22-21(20(17)15-19)18-9-5-2-6-10-18;3*1-11-7-8-12(9-11)10-5-3-2-4-6-10;3*1-4(6)3-5(2)7;;;/h5-8,10-14,21H,15-17H2,1-4H3;3-6,8-9,12,15-17H,10-11,13-14H2,1-2H3;2,5-6,9,11-16H,1,3-4,7-8H2;3*2-5,7-9H,1H3;3*4-7H,3H2,1-2H3;;;/q3*-1;3*-2;;;;3*+3. The number of rotatable bonds is 15. The minimum Gasteiger partial charge on any atom is -0.510 e. The van der Waals surface area contributed by atoms with E-state index in [9.17, 15) is 0 Å². The van der Waals surface area contributed by atoms with Gasteiger partial charge in [0.2, 0.25) is 0 Å². The molecular formula is C114H138Ir3N9O6. The van der Waals surface area contributed by atoms with Gasteiger partial charge in [0.05, 0.1) is 36.6 Å². The van der Waals surface area contributed by atoms with Gasteiger partial charge in [0.25, 0.3) is 0 Å². The molecule has 132 heavy (non-hydrogen) atoms. The van der Waals surface area contributed by atoms with Crippen molar-refractivity contribution in [3.05, 3.63) is 347 Å². The third-order valence-electron chi connectivity index (χ3n) is 23.4. The number of pyridine rings is 3. The fourth-order valence-corrected chi connectivity index (χ4v) is 17.7. The number of aromatic nitrogens is 3. The van der Waals surface area contributed by atoms with E-state index >= 15 is 0 Å². The molecule has 6 heterocycles. The van der Waals surface area contributed by atoms with E-state index in [0.29, 0.717) is 47.3 Å². The number of hydrogen-bond donors (Lipinski definition) is 6. The number of para-hydroxylation sites is 3. The summed E-state index contributed by atoms with van der Waals surface area (Å²) in [6.07, 6.45) is 32.8. The predicted molar refractivity (Wildman–Crippen MR) is 534 cm³/mol. The van der Waals surface area contributed by atoms with Gasteiger partial charge in [0.15, 0.2) is 0 Å². The van der Waals surface area contributed by atoms with Crippen LogP contribution in [0.5, 0.6) is 0 Å². The molecule has 15 nitrogen and oxygen atoms in total. The Kier molecular flexibility index (Phi) is 45.9. The van der Waals surface area contributed by atoms with Gasteiger partial charge in [-0.05, 0) is 295 Å². The second-order valence-corrected chi connectivity index (χ2v) is 37.6. The Morgan fingerprint density at radius 3 is 0.864 bits per heavy atom. The molecule has 3 aliphatic carbocycles. The minimum absolute atomic E-state index is 0. The smallest absolute Gasteiger partial charge is 0.510 e. The largest absolute Gasteiger partial charge is 3.00 e. The van der Waals surface area contributed by atoms with Crippen LogP contribution in [0.15, 0.2) is 274 Å². The average molecular weight is 2310 g/mol. The first kappa shape index (κ1) is 110. The van der Waals surface area contributed by atoms with Crippen LogP contribution in [0.3, 0.4) is 0 Å². The molecule has 3 aromatic heterocycles. The number of aliphatic hydroxyl groups excluding tert-OH is 6. The molecule has 18 heteroatoms. The molecule has 0 bridgehead atoms. The molecule has 0 amide bonds. The summed E-state index contributed by atoms with van der Waals surface area (Å²) >= 11 is 0. The molecule has 3 aliphatic heterocycles. The molecule has 18 rings (SSSR count). The van der Waals surface area contributed by atoms with Crippen molar-refractivity contribution in [2.24, 2.45) is 16.2 Å². The summed E-state index contributed by atoms with van der Waals surface area (Å²) in [6.45, 7) is 30.5. The van der Waals surface area contributed by atoms with Crippen LogP contribution in [0.4, 0.5) is 17.1 Å². The van der Waals surface area contributed by atoms with Gasteiger partial charge in [-0.25, -0.2) is 0 Å². The number of anilines is 3. The second-order valence-electron chi connectivity index (χ2n) is 37.6. The normalized spacial score (nSPS) is 17.1. The van der Waals surface area contributed by atoms with E-state index in [4.69, 9.17) is 30.6 Å². The fraction of sp³-hybridized carbons (Fsp3) is 0.368. The predicted octanol–water partition coefficient (Wildman–Crippen LogP) is 25.1. The third kappa shape index (κ3) is 36.3. The summed E-state index contributed by atoms with van der Waals surface area (Å²) < 4.78 is 0. The van der Waals surface area contributed by atoms with Crippen LogP contribution in [0, 0.1) is 72.6 Å². The van der Waals surface area contributed by atoms with Gasteiger partial charge >= 0.3 is 60.3 Å². The van der Waals surface area contributed by atoms with Crippen molar-refractivity contribution in [1.82, 2.24) is 29.7 Å². The van der Waals surface area contributed by atoms with E-state index in [1.54, 1.807) is 41.5 Å². The summed E-state index contributed by atoms with van der Waals surface area (Å²) in [4.78, 5) is 26.1. The van der Waals surface area contributed by atoms with Crippen molar-refractivity contribution < 1.29 is 91.0 Å². The summed E-state index contributed by atoms with van der Waals surface area (Å²) in [5, 5.41) is 58.9. The van der Waals surface area contributed by atoms with Crippen molar-refractivity contribution in [3.63, 3.8) is 0 Å². The minimum atomic E-state index is -0.375. The first-order valence-corrected chi connectivity index (χ1v) is 46.0. The summed E-state index contributed by atoms with van der Waals surface area (Å²) in [5.41, 5.74) is 15.3. The summed E-state index contributed by atoms with van der Waals surface area (Å²) in [6, 6.07) is 94.7. The Labute approximate surface area is 830 Å². The van der Waals surface area contributed by atoms with Crippen molar-refractivity contribution in [1.29, 1.82) is 0 Å². The fourth-order valence-electron chi connectivity index (χ4n) is 17.7. The average Bonchev–Trinajstić information content (AvgIpc) is 0.963. The monoisotopic (exact) mass is 2310 g/mol. The number of hydrogen-bond acceptors (Lipinski definition) is 15. The molecule has 6 N–H and O–H groups in total. The maximum atomic E-state index is 8.56. The Morgan fingerprint density at radius 1 is 0.333 bits per heavy atom. The van der Waals surface area contributed by atoms with Crippen LogP contribution in [-0.2, 0) is 60.3 Å². The van der Waals surface area contributed by atoms with Gasteiger partial charge in [0, 0.05) is 18.6 Å². The number of fused-ring (bicyclic) bond motifs is 3. The maximum Gasteiger partial charge on any atom is 3.00 e. The van der Waals surface area contributed by atoms with Gasteiger partial charge in [-0.3, -0.25) is 0 Å². The number of aliphatic hydroxyl groups is 6. The quantitative estimate of drug-likeness (QED) is 0.0534. The molecule has 6 atom stereocenters. The van der Waals surface area contributed by atoms with E-state index < -0.39 is 0 Å². The first-order valence-electron chi connectivity index (χ1n) is 46.0. The molecule has 0 radical (unpaired) electrons. The van der Waals surface area contributed by atoms with Crippen LogP contribution >= 0.6 is 0 Å². The van der Waals surface area contributed by atoms with Crippen LogP contribution in [0.2, 0.25) is 0 Å². The van der Waals surface area contributed by atoms with Crippen LogP contribution in [0.25, 0.3) is 66.1 Å². The van der Waals surface area contributed by atoms with Gasteiger partial charge < -0.3 is 75.0 Å². The van der Waals surface area contributed by atoms with Gasteiger partial charge in [0.1, 0.15) is 0 Å².